The third kappa shape index (κ3) is 1.88. The van der Waals surface area contributed by atoms with Gasteiger partial charge in [0.15, 0.2) is 9.84 Å². The minimum atomic E-state index is -3.18. The van der Waals surface area contributed by atoms with Crippen molar-refractivity contribution in [3.05, 3.63) is 36.4 Å². The number of benzene rings is 2. The van der Waals surface area contributed by atoms with Crippen molar-refractivity contribution in [3.8, 4) is 5.75 Å². The number of aromatic hydroxyl groups is 1. The number of sulfone groups is 1. The molecule has 0 fully saturated rings. The smallest absolute Gasteiger partial charge is 0.178 e. The molecule has 0 unspecified atom stereocenters. The van der Waals surface area contributed by atoms with Gasteiger partial charge in [-0.05, 0) is 35.0 Å². The van der Waals surface area contributed by atoms with E-state index in [9.17, 15) is 13.5 Å². The second kappa shape index (κ2) is 3.79. The van der Waals surface area contributed by atoms with E-state index in [1.54, 1.807) is 43.3 Å². The summed E-state index contributed by atoms with van der Waals surface area (Å²) in [6.07, 6.45) is 0. The first kappa shape index (κ1) is 11.0. The Bertz CT molecular complexity index is 630. The Kier molecular flexibility index (Phi) is 2.59. The van der Waals surface area contributed by atoms with Crippen LogP contribution in [-0.4, -0.2) is 19.3 Å². The fourth-order valence-electron chi connectivity index (χ4n) is 1.57. The van der Waals surface area contributed by atoms with Crippen LogP contribution in [0.5, 0.6) is 5.75 Å². The number of phenols is 1. The standard InChI is InChI=1S/C12H12O3S/c1-2-16(14,15)12-6-4-9-3-5-11(13)7-10(9)8-12/h3-8,13H,2H2,1H3. The van der Waals surface area contributed by atoms with Crippen LogP contribution in [0.3, 0.4) is 0 Å². The van der Waals surface area contributed by atoms with Crippen LogP contribution < -0.4 is 0 Å². The lowest BCUT2D eigenvalue weighted by Gasteiger charge is -2.04. The zero-order valence-corrected chi connectivity index (χ0v) is 9.66. The summed E-state index contributed by atoms with van der Waals surface area (Å²) in [5.41, 5.74) is 0. The van der Waals surface area contributed by atoms with E-state index in [4.69, 9.17) is 0 Å². The Morgan fingerprint density at radius 2 is 1.75 bits per heavy atom. The summed E-state index contributed by atoms with van der Waals surface area (Å²) in [5.74, 6) is 0.218. The van der Waals surface area contributed by atoms with E-state index < -0.39 is 9.84 Å². The lowest BCUT2D eigenvalue weighted by atomic mass is 10.1. The highest BCUT2D eigenvalue weighted by atomic mass is 32.2. The minimum absolute atomic E-state index is 0.0807. The lowest BCUT2D eigenvalue weighted by Crippen LogP contribution is -2.03. The molecule has 0 saturated carbocycles. The predicted molar refractivity (Wildman–Crippen MR) is 63.3 cm³/mol. The van der Waals surface area contributed by atoms with Gasteiger partial charge in [-0.3, -0.25) is 0 Å². The molecular weight excluding hydrogens is 224 g/mol. The van der Waals surface area contributed by atoms with Gasteiger partial charge in [0.25, 0.3) is 0 Å². The Labute approximate surface area is 94.3 Å². The molecule has 3 nitrogen and oxygen atoms in total. The lowest BCUT2D eigenvalue weighted by molar-refractivity contribution is 0.476. The highest BCUT2D eigenvalue weighted by molar-refractivity contribution is 7.91. The fraction of sp³-hybridized carbons (Fsp3) is 0.167. The van der Waals surface area contributed by atoms with E-state index in [2.05, 4.69) is 0 Å². The van der Waals surface area contributed by atoms with E-state index >= 15 is 0 Å². The summed E-state index contributed by atoms with van der Waals surface area (Å²) < 4.78 is 23.3. The van der Waals surface area contributed by atoms with Gasteiger partial charge >= 0.3 is 0 Å². The molecule has 2 aromatic rings. The molecule has 0 aliphatic carbocycles. The molecule has 0 bridgehead atoms. The Morgan fingerprint density at radius 1 is 1.06 bits per heavy atom. The molecule has 0 aromatic heterocycles. The van der Waals surface area contributed by atoms with Gasteiger partial charge in [-0.25, -0.2) is 8.42 Å². The van der Waals surface area contributed by atoms with Crippen LogP contribution in [0.25, 0.3) is 10.8 Å². The number of fused-ring (bicyclic) bond motifs is 1. The van der Waals surface area contributed by atoms with Gasteiger partial charge < -0.3 is 5.11 Å². The first-order valence-corrected chi connectivity index (χ1v) is 6.64. The fourth-order valence-corrected chi connectivity index (χ4v) is 2.49. The van der Waals surface area contributed by atoms with Crippen LogP contribution in [0.2, 0.25) is 0 Å². The van der Waals surface area contributed by atoms with Crippen LogP contribution in [-0.2, 0) is 9.84 Å². The summed E-state index contributed by atoms with van der Waals surface area (Å²) in [6.45, 7) is 1.61. The topological polar surface area (TPSA) is 54.4 Å². The average Bonchev–Trinajstić information content (AvgIpc) is 2.28. The van der Waals surface area contributed by atoms with Crippen molar-refractivity contribution in [1.82, 2.24) is 0 Å². The third-order valence-corrected chi connectivity index (χ3v) is 4.27. The summed E-state index contributed by atoms with van der Waals surface area (Å²) in [6, 6.07) is 9.83. The molecule has 0 spiro atoms. The second-order valence-electron chi connectivity index (χ2n) is 3.60. The molecule has 1 N–H and O–H groups in total. The Balaban J connectivity index is 2.68. The zero-order valence-electron chi connectivity index (χ0n) is 8.84. The molecule has 0 radical (unpaired) electrons. The van der Waals surface area contributed by atoms with Gasteiger partial charge in [-0.2, -0.15) is 0 Å². The molecule has 16 heavy (non-hydrogen) atoms. The number of hydrogen-bond acceptors (Lipinski definition) is 3. The largest absolute Gasteiger partial charge is 0.508 e. The summed E-state index contributed by atoms with van der Waals surface area (Å²) >= 11 is 0. The first-order chi connectivity index (χ1) is 7.53. The molecule has 0 atom stereocenters. The number of phenolic OH excluding ortho intramolecular Hbond substituents is 1. The molecule has 84 valence electrons. The Morgan fingerprint density at radius 3 is 2.44 bits per heavy atom. The first-order valence-electron chi connectivity index (χ1n) is 4.98. The van der Waals surface area contributed by atoms with Gasteiger partial charge in [0, 0.05) is 0 Å². The summed E-state index contributed by atoms with van der Waals surface area (Å²) in [4.78, 5) is 0.299. The maximum absolute atomic E-state index is 11.7. The highest BCUT2D eigenvalue weighted by Crippen LogP contribution is 2.23. The maximum atomic E-state index is 11.7. The molecule has 0 aliphatic rings. The van der Waals surface area contributed by atoms with E-state index in [1.165, 1.54) is 0 Å². The van der Waals surface area contributed by atoms with E-state index in [1.807, 2.05) is 0 Å². The van der Waals surface area contributed by atoms with Crippen LogP contribution in [0, 0.1) is 0 Å². The van der Waals surface area contributed by atoms with Gasteiger partial charge in [0.1, 0.15) is 5.75 Å². The van der Waals surface area contributed by atoms with Crippen molar-refractivity contribution in [1.29, 1.82) is 0 Å². The SMILES string of the molecule is CCS(=O)(=O)c1ccc2ccc(O)cc2c1. The van der Waals surface area contributed by atoms with Crippen molar-refractivity contribution in [2.24, 2.45) is 0 Å². The van der Waals surface area contributed by atoms with Crippen molar-refractivity contribution in [2.75, 3.05) is 5.75 Å². The zero-order chi connectivity index (χ0) is 11.8. The molecular formula is C12H12O3S. The average molecular weight is 236 g/mol. The molecule has 4 heteroatoms. The van der Waals surface area contributed by atoms with Crippen LogP contribution in [0.1, 0.15) is 6.92 Å². The minimum Gasteiger partial charge on any atom is -0.508 e. The van der Waals surface area contributed by atoms with Crippen molar-refractivity contribution in [2.45, 2.75) is 11.8 Å². The molecule has 0 aliphatic heterocycles. The molecule has 2 aromatic carbocycles. The van der Waals surface area contributed by atoms with Gasteiger partial charge in [-0.1, -0.05) is 19.1 Å². The molecule has 2 rings (SSSR count). The second-order valence-corrected chi connectivity index (χ2v) is 5.87. The molecule has 0 heterocycles. The van der Waals surface area contributed by atoms with Crippen LogP contribution in [0.15, 0.2) is 41.3 Å². The quantitative estimate of drug-likeness (QED) is 0.870. The summed E-state index contributed by atoms with van der Waals surface area (Å²) in [5, 5.41) is 11.0. The third-order valence-electron chi connectivity index (χ3n) is 2.53. The molecule has 0 saturated heterocycles. The predicted octanol–water partition coefficient (Wildman–Crippen LogP) is 2.34. The van der Waals surface area contributed by atoms with Crippen LogP contribution in [0.4, 0.5) is 0 Å². The van der Waals surface area contributed by atoms with E-state index in [-0.39, 0.29) is 11.5 Å². The number of rotatable bonds is 2. The normalized spacial score (nSPS) is 11.8. The van der Waals surface area contributed by atoms with Crippen molar-refractivity contribution in [3.63, 3.8) is 0 Å². The Hall–Kier alpha value is -1.55. The van der Waals surface area contributed by atoms with E-state index in [0.717, 1.165) is 10.8 Å². The maximum Gasteiger partial charge on any atom is 0.178 e. The summed E-state index contributed by atoms with van der Waals surface area (Å²) in [7, 11) is -3.18. The van der Waals surface area contributed by atoms with Gasteiger partial charge in [0.2, 0.25) is 0 Å². The molecule has 0 amide bonds. The van der Waals surface area contributed by atoms with Crippen molar-refractivity contribution >= 4 is 20.6 Å². The van der Waals surface area contributed by atoms with Gasteiger partial charge in [0.05, 0.1) is 10.6 Å². The highest BCUT2D eigenvalue weighted by Gasteiger charge is 2.11. The number of hydrogen-bond donors (Lipinski definition) is 1. The van der Waals surface area contributed by atoms with Crippen LogP contribution >= 0.6 is 0 Å². The van der Waals surface area contributed by atoms with E-state index in [0.29, 0.717) is 4.90 Å². The van der Waals surface area contributed by atoms with Gasteiger partial charge in [-0.15, -0.1) is 0 Å². The monoisotopic (exact) mass is 236 g/mol. The van der Waals surface area contributed by atoms with Crippen molar-refractivity contribution < 1.29 is 13.5 Å².